The van der Waals surface area contributed by atoms with Gasteiger partial charge in [0.2, 0.25) is 0 Å². The van der Waals surface area contributed by atoms with Gasteiger partial charge >= 0.3 is 0 Å². The van der Waals surface area contributed by atoms with Crippen molar-refractivity contribution in [1.29, 1.82) is 0 Å². The highest BCUT2D eigenvalue weighted by Crippen LogP contribution is 2.55. The van der Waals surface area contributed by atoms with Crippen LogP contribution < -0.4 is 15.2 Å². The number of fused-ring (bicyclic) bond motifs is 1. The Hall–Kier alpha value is -6.65. The molecule has 0 aliphatic carbocycles. The van der Waals surface area contributed by atoms with Gasteiger partial charge in [-0.25, -0.2) is 5.26 Å². The first-order valence-electron chi connectivity index (χ1n) is 17.3. The standard InChI is InChI=1S/C37H33N9O13S3/c1-3-57-33-19-29(44-46-36-34(62(53,54)55)15-20-14-26(61(50,51)52)17-27(38)35(20)37(36)48)31(47)18-30(33)45-42-24-10-13-28(32(16-24)56-2)43-41-22-6-4-21(5-7-22)39-40-23-8-11-25(12-9-23)60-59-58-49/h4-19,47-49,53-55H,3,38H2,1-2H3,(H,50,51,52). The SMILES string of the molecule is CCOc1cc(N=Nc2c(S(O)(O)O)cc3cc(S(=O)(=O)O)cc(N)c3c2O)c(O)cc1N=Nc1ccc(N=Nc2ccc(N=Nc3ccc(SOOO)cc3)cc2)c(OC)c1. The van der Waals surface area contributed by atoms with Crippen LogP contribution in [0.2, 0.25) is 0 Å². The molecule has 0 saturated heterocycles. The molecule has 0 radical (unpaired) electrons. The van der Waals surface area contributed by atoms with E-state index in [4.69, 9.17) is 20.5 Å². The zero-order valence-corrected chi connectivity index (χ0v) is 34.4. The second-order valence-electron chi connectivity index (χ2n) is 12.3. The number of methoxy groups -OCH3 is 1. The maximum Gasteiger partial charge on any atom is 0.294 e. The third kappa shape index (κ3) is 11.0. The average molecular weight is 908 g/mol. The number of nitrogen functional groups attached to an aromatic ring is 1. The van der Waals surface area contributed by atoms with Gasteiger partial charge in [-0.2, -0.15) is 28.9 Å². The number of aromatic hydroxyl groups is 2. The van der Waals surface area contributed by atoms with Crippen LogP contribution in [0.25, 0.3) is 10.8 Å². The van der Waals surface area contributed by atoms with Gasteiger partial charge in [0.05, 0.1) is 58.3 Å². The monoisotopic (exact) mass is 907 g/mol. The first-order valence-corrected chi connectivity index (χ1v) is 21.0. The fourth-order valence-electron chi connectivity index (χ4n) is 5.38. The Morgan fingerprint density at radius 2 is 1.24 bits per heavy atom. The molecular weight excluding hydrogens is 875 g/mol. The van der Waals surface area contributed by atoms with Gasteiger partial charge in [-0.15, -0.1) is 24.8 Å². The highest BCUT2D eigenvalue weighted by molar-refractivity contribution is 8.19. The van der Waals surface area contributed by atoms with E-state index in [9.17, 15) is 36.8 Å². The summed E-state index contributed by atoms with van der Waals surface area (Å²) in [6.45, 7) is 1.83. The topological polar surface area (TPSA) is 338 Å². The third-order valence-electron chi connectivity index (χ3n) is 8.20. The predicted molar refractivity (Wildman–Crippen MR) is 226 cm³/mol. The van der Waals surface area contributed by atoms with Gasteiger partial charge in [-0.1, -0.05) is 5.04 Å². The van der Waals surface area contributed by atoms with Gasteiger partial charge in [0.15, 0.2) is 5.75 Å². The van der Waals surface area contributed by atoms with E-state index in [1.165, 1.54) is 13.2 Å². The van der Waals surface area contributed by atoms with E-state index in [0.717, 1.165) is 36.3 Å². The first-order chi connectivity index (χ1) is 29.6. The second kappa shape index (κ2) is 19.4. The number of hydrogen-bond acceptors (Lipinski definition) is 22. The predicted octanol–water partition coefficient (Wildman–Crippen LogP) is 12.2. The summed E-state index contributed by atoms with van der Waals surface area (Å²) in [6.07, 6.45) is 0. The minimum absolute atomic E-state index is 0.0621. The maximum atomic E-state index is 11.7. The lowest BCUT2D eigenvalue weighted by atomic mass is 10.1. The largest absolute Gasteiger partial charge is 0.506 e. The minimum atomic E-state index is -4.76. The van der Waals surface area contributed by atoms with Crippen molar-refractivity contribution >= 4 is 95.0 Å². The van der Waals surface area contributed by atoms with Crippen molar-refractivity contribution in [3.05, 3.63) is 97.1 Å². The molecule has 0 bridgehead atoms. The summed E-state index contributed by atoms with van der Waals surface area (Å²) >= 11 is 0.826. The lowest BCUT2D eigenvalue weighted by molar-refractivity contribution is -0.432. The Labute approximate surface area is 356 Å². The van der Waals surface area contributed by atoms with Gasteiger partial charge in [0.25, 0.3) is 10.1 Å². The molecule has 322 valence electrons. The molecule has 0 heterocycles. The van der Waals surface area contributed by atoms with E-state index >= 15 is 0 Å². The van der Waals surface area contributed by atoms with Crippen LogP contribution in [0, 0.1) is 0 Å². The molecule has 6 aromatic carbocycles. The summed E-state index contributed by atoms with van der Waals surface area (Å²) in [7, 11) is -7.96. The quantitative estimate of drug-likeness (QED) is 0.0112. The normalized spacial score (nSPS) is 12.7. The molecule has 0 aliphatic heterocycles. The third-order valence-corrected chi connectivity index (χ3v) is 10.5. The Morgan fingerprint density at radius 1 is 0.661 bits per heavy atom. The molecule has 0 amide bonds. The Kier molecular flexibility index (Phi) is 14.0. The molecule has 0 saturated carbocycles. The molecule has 22 nitrogen and oxygen atoms in total. The van der Waals surface area contributed by atoms with Crippen molar-refractivity contribution in [3.8, 4) is 23.0 Å². The van der Waals surface area contributed by atoms with E-state index in [-0.39, 0.29) is 40.2 Å². The molecule has 9 N–H and O–H groups in total. The Balaban J connectivity index is 1.20. The van der Waals surface area contributed by atoms with Crippen LogP contribution in [0.5, 0.6) is 23.0 Å². The molecular formula is C37H33N9O13S3. The van der Waals surface area contributed by atoms with Gasteiger partial charge in [0, 0.05) is 34.2 Å². The number of hydrogen-bond donors (Lipinski definition) is 8. The zero-order valence-electron chi connectivity index (χ0n) is 31.9. The summed E-state index contributed by atoms with van der Waals surface area (Å²) in [6, 6.07) is 23.5. The van der Waals surface area contributed by atoms with Gasteiger partial charge < -0.3 is 39.1 Å². The number of nitrogens with two attached hydrogens (primary N) is 1. The molecule has 6 rings (SSSR count). The number of anilines is 1. The molecule has 25 heteroatoms. The van der Waals surface area contributed by atoms with E-state index in [1.807, 2.05) is 0 Å². The van der Waals surface area contributed by atoms with Crippen molar-refractivity contribution in [2.24, 2.45) is 40.9 Å². The van der Waals surface area contributed by atoms with Gasteiger partial charge in [0.1, 0.15) is 50.9 Å². The van der Waals surface area contributed by atoms with Crippen LogP contribution in [-0.4, -0.2) is 55.8 Å². The lowest BCUT2D eigenvalue weighted by Crippen LogP contribution is -2.02. The summed E-state index contributed by atoms with van der Waals surface area (Å²) in [5, 5.41) is 66.6. The summed E-state index contributed by atoms with van der Waals surface area (Å²) in [4.78, 5) is -0.751. The molecule has 0 unspecified atom stereocenters. The zero-order chi connectivity index (χ0) is 44.6. The molecule has 0 fully saturated rings. The van der Waals surface area contributed by atoms with Crippen LogP contribution in [0.15, 0.2) is 153 Å². The molecule has 6 aromatic rings. The smallest absolute Gasteiger partial charge is 0.294 e. The van der Waals surface area contributed by atoms with Gasteiger partial charge in [-0.3, -0.25) is 4.55 Å². The average Bonchev–Trinajstić information content (AvgIpc) is 3.24. The maximum absolute atomic E-state index is 11.7. The minimum Gasteiger partial charge on any atom is -0.506 e. The van der Waals surface area contributed by atoms with Crippen LogP contribution >= 0.6 is 22.9 Å². The number of rotatable bonds is 16. The van der Waals surface area contributed by atoms with Crippen molar-refractivity contribution in [3.63, 3.8) is 0 Å². The van der Waals surface area contributed by atoms with Crippen molar-refractivity contribution in [2.75, 3.05) is 19.5 Å². The number of nitrogens with zero attached hydrogens (tertiary/aromatic N) is 8. The number of azo groups is 4. The number of ether oxygens (including phenoxy) is 2. The Morgan fingerprint density at radius 3 is 1.84 bits per heavy atom. The highest BCUT2D eigenvalue weighted by Gasteiger charge is 2.27. The van der Waals surface area contributed by atoms with E-state index in [1.54, 1.807) is 73.7 Å². The number of phenolic OH excluding ortho intramolecular Hbond substituents is 2. The lowest BCUT2D eigenvalue weighted by Gasteiger charge is -2.22. The summed E-state index contributed by atoms with van der Waals surface area (Å²) < 4.78 is 79.0. The summed E-state index contributed by atoms with van der Waals surface area (Å²) in [5.74, 6) is -0.934. The second-order valence-corrected chi connectivity index (χ2v) is 16.0. The molecule has 62 heavy (non-hydrogen) atoms. The van der Waals surface area contributed by atoms with Crippen LogP contribution in [0.4, 0.5) is 51.2 Å². The van der Waals surface area contributed by atoms with Crippen LogP contribution in [-0.2, 0) is 19.5 Å². The molecule has 0 aromatic heterocycles. The van der Waals surface area contributed by atoms with Crippen LogP contribution in [0.1, 0.15) is 6.92 Å². The highest BCUT2D eigenvalue weighted by atomic mass is 32.3. The fraction of sp³-hybridized carbons (Fsp3) is 0.0811. The number of benzene rings is 6. The van der Waals surface area contributed by atoms with Gasteiger partial charge in [-0.05, 0) is 91.2 Å². The van der Waals surface area contributed by atoms with E-state index in [2.05, 4.69) is 50.3 Å². The summed E-state index contributed by atoms with van der Waals surface area (Å²) in [5.41, 5.74) is 7.13. The molecule has 0 atom stereocenters. The Bertz CT molecular complexity index is 2840. The van der Waals surface area contributed by atoms with Crippen molar-refractivity contribution in [1.82, 2.24) is 0 Å². The molecule has 0 spiro atoms. The van der Waals surface area contributed by atoms with Crippen molar-refractivity contribution in [2.45, 2.75) is 21.6 Å². The van der Waals surface area contributed by atoms with Crippen molar-refractivity contribution < 1.29 is 60.9 Å². The fourth-order valence-corrected chi connectivity index (χ4v) is 6.97. The van der Waals surface area contributed by atoms with Crippen LogP contribution in [0.3, 0.4) is 0 Å². The number of phenols is 2. The van der Waals surface area contributed by atoms with E-state index in [0.29, 0.717) is 39.1 Å². The molecule has 0 aliphatic rings. The van der Waals surface area contributed by atoms with E-state index < -0.39 is 48.0 Å². The first kappa shape index (κ1) is 44.9.